The zero-order valence-electron chi connectivity index (χ0n) is 17.4. The standard InChI is InChI=1S/C23H38N2O2/c1-3-4-5-6-7-9-12-21-13-15-22(16-14-21)24-23(26)27-20(2)19-25-17-10-8-11-18-25/h13-16,20H,3-12,17-19H2,1-2H3,(H,24,26)/p+1/t20-/m1/s1. The summed E-state index contributed by atoms with van der Waals surface area (Å²) in [6, 6.07) is 8.34. The fourth-order valence-corrected chi connectivity index (χ4v) is 3.80. The topological polar surface area (TPSA) is 46.1 Å². The average Bonchev–Trinajstić information content (AvgIpc) is 2.66. The first kappa shape index (κ1) is 21.9. The number of nitrogens with zero attached hydrogens (tertiary/aromatic N) is 1. The van der Waals surface area contributed by atoms with Crippen molar-refractivity contribution < 1.29 is 14.8 Å². The first-order valence-electron chi connectivity index (χ1n) is 11.0. The summed E-state index contributed by atoms with van der Waals surface area (Å²) >= 11 is 0. The maximum absolute atomic E-state index is 12.2. The van der Waals surface area contributed by atoms with Crippen LogP contribution in [0.2, 0.25) is 0 Å². The van der Waals surface area contributed by atoms with Crippen LogP contribution >= 0.6 is 0 Å². The van der Waals surface area contributed by atoms with Crippen molar-refractivity contribution in [2.24, 2.45) is 0 Å². The molecule has 1 saturated heterocycles. The third kappa shape index (κ3) is 9.39. The van der Waals surface area contributed by atoms with Crippen LogP contribution in [-0.2, 0) is 11.2 Å². The summed E-state index contributed by atoms with van der Waals surface area (Å²) in [6.45, 7) is 7.35. The fraction of sp³-hybridized carbons (Fsp3) is 0.696. The Kier molecular flexibility index (Phi) is 10.5. The number of hydrogen-bond donors (Lipinski definition) is 1. The van der Waals surface area contributed by atoms with Crippen LogP contribution in [0.15, 0.2) is 24.3 Å². The lowest BCUT2D eigenvalue weighted by molar-refractivity contribution is -0.484. The Hall–Kier alpha value is -1.39. The summed E-state index contributed by atoms with van der Waals surface area (Å²) in [4.78, 5) is 14.6. The van der Waals surface area contributed by atoms with Gasteiger partial charge >= 0.3 is 6.09 Å². The number of carbonyl (C=O) groups is 1. The number of rotatable bonds is 11. The number of carbonyl (C=O) groups excluding carboxylic acids is 1. The van der Waals surface area contributed by atoms with Crippen molar-refractivity contribution in [2.75, 3.05) is 19.6 Å². The monoisotopic (exact) mass is 375 g/mol. The van der Waals surface area contributed by atoms with Crippen LogP contribution in [0.1, 0.15) is 77.2 Å². The number of primary amides is 1. The van der Waals surface area contributed by atoms with Crippen LogP contribution in [0.5, 0.6) is 0 Å². The van der Waals surface area contributed by atoms with E-state index in [1.165, 1.54) is 63.4 Å². The minimum Gasteiger partial charge on any atom is -0.415 e. The normalized spacial score (nSPS) is 16.2. The van der Waals surface area contributed by atoms with Gasteiger partial charge in [0.1, 0.15) is 11.8 Å². The van der Waals surface area contributed by atoms with Gasteiger partial charge in [0, 0.05) is 6.54 Å². The van der Waals surface area contributed by atoms with E-state index in [9.17, 15) is 4.79 Å². The van der Waals surface area contributed by atoms with Gasteiger partial charge in [-0.3, -0.25) is 4.90 Å². The summed E-state index contributed by atoms with van der Waals surface area (Å²) in [5.74, 6) is 0. The second-order valence-corrected chi connectivity index (χ2v) is 8.01. The molecular formula is C23H39N2O2+. The summed E-state index contributed by atoms with van der Waals surface area (Å²) in [5, 5.41) is 1.61. The van der Waals surface area contributed by atoms with Crippen LogP contribution in [0, 0.1) is 0 Å². The zero-order chi connectivity index (χ0) is 19.3. The van der Waals surface area contributed by atoms with E-state index in [1.807, 2.05) is 19.1 Å². The number of likely N-dealkylation sites (tertiary alicyclic amines) is 1. The fourth-order valence-electron chi connectivity index (χ4n) is 3.80. The molecule has 1 fully saturated rings. The summed E-state index contributed by atoms with van der Waals surface area (Å²) in [6.07, 6.45) is 12.6. The number of hydrogen-bond acceptors (Lipinski definition) is 3. The molecule has 0 saturated carbocycles. The lowest BCUT2D eigenvalue weighted by atomic mass is 10.0. The maximum atomic E-state index is 12.2. The molecule has 152 valence electrons. The highest BCUT2D eigenvalue weighted by atomic mass is 16.6. The van der Waals surface area contributed by atoms with Crippen molar-refractivity contribution >= 4 is 11.8 Å². The molecule has 2 N–H and O–H groups in total. The molecule has 1 aromatic rings. The van der Waals surface area contributed by atoms with Gasteiger partial charge in [0.05, 0.1) is 0 Å². The Morgan fingerprint density at radius 2 is 1.70 bits per heavy atom. The molecule has 1 aliphatic heterocycles. The van der Waals surface area contributed by atoms with Gasteiger partial charge in [-0.15, -0.1) is 0 Å². The molecule has 1 aliphatic rings. The molecule has 0 aromatic heterocycles. The van der Waals surface area contributed by atoms with Crippen LogP contribution in [0.25, 0.3) is 0 Å². The Morgan fingerprint density at radius 1 is 1.04 bits per heavy atom. The molecule has 0 aliphatic carbocycles. The third-order valence-electron chi connectivity index (χ3n) is 5.36. The molecule has 1 atom stereocenters. The van der Waals surface area contributed by atoms with E-state index in [1.54, 1.807) is 5.32 Å². The van der Waals surface area contributed by atoms with Gasteiger partial charge in [0.15, 0.2) is 0 Å². The van der Waals surface area contributed by atoms with Gasteiger partial charge in [0.2, 0.25) is 0 Å². The molecule has 0 unspecified atom stereocenters. The number of quaternary nitrogens is 1. The van der Waals surface area contributed by atoms with E-state index in [0.29, 0.717) is 0 Å². The molecule has 1 aromatic carbocycles. The van der Waals surface area contributed by atoms with Crippen molar-refractivity contribution in [3.63, 3.8) is 0 Å². The molecule has 27 heavy (non-hydrogen) atoms. The van der Waals surface area contributed by atoms with E-state index in [4.69, 9.17) is 4.74 Å². The molecule has 0 spiro atoms. The summed E-state index contributed by atoms with van der Waals surface area (Å²) in [5.41, 5.74) is 2.28. The highest BCUT2D eigenvalue weighted by Gasteiger charge is 2.18. The van der Waals surface area contributed by atoms with Crippen LogP contribution < -0.4 is 5.32 Å². The molecular weight excluding hydrogens is 336 g/mol. The van der Waals surface area contributed by atoms with E-state index in [0.717, 1.165) is 31.7 Å². The quantitative estimate of drug-likeness (QED) is 0.446. The Morgan fingerprint density at radius 3 is 2.41 bits per heavy atom. The number of piperidine rings is 1. The highest BCUT2D eigenvalue weighted by Crippen LogP contribution is 2.12. The molecule has 0 bridgehead atoms. The van der Waals surface area contributed by atoms with Crippen molar-refractivity contribution in [1.29, 1.82) is 0 Å². The summed E-state index contributed by atoms with van der Waals surface area (Å²) < 4.78 is 5.56. The van der Waals surface area contributed by atoms with Gasteiger partial charge in [-0.25, -0.2) is 5.32 Å². The lowest BCUT2D eigenvalue weighted by Gasteiger charge is -2.28. The second kappa shape index (κ2) is 12.9. The Bertz CT molecular complexity index is 524. The van der Waals surface area contributed by atoms with Crippen LogP contribution in [0.3, 0.4) is 0 Å². The Balaban J connectivity index is 1.63. The molecule has 1 amide bonds. The van der Waals surface area contributed by atoms with Crippen LogP contribution in [0.4, 0.5) is 10.5 Å². The lowest BCUT2D eigenvalue weighted by Crippen LogP contribution is -2.82. The first-order valence-corrected chi connectivity index (χ1v) is 11.0. The van der Waals surface area contributed by atoms with Gasteiger partial charge < -0.3 is 4.74 Å². The third-order valence-corrected chi connectivity index (χ3v) is 5.36. The molecule has 1 heterocycles. The van der Waals surface area contributed by atoms with Gasteiger partial charge in [-0.1, -0.05) is 57.6 Å². The molecule has 0 radical (unpaired) electrons. The smallest absolute Gasteiger partial charge is 0.415 e. The van der Waals surface area contributed by atoms with Gasteiger partial charge in [0.25, 0.3) is 0 Å². The van der Waals surface area contributed by atoms with Crippen molar-refractivity contribution in [3.05, 3.63) is 29.8 Å². The highest BCUT2D eigenvalue weighted by molar-refractivity contribution is 5.59. The summed E-state index contributed by atoms with van der Waals surface area (Å²) in [7, 11) is 0. The van der Waals surface area contributed by atoms with Crippen LogP contribution in [-0.4, -0.2) is 36.7 Å². The SMILES string of the molecule is CCCCCCCCc1ccc([NH2+]C(=O)O[C@H](C)CN2CCCCC2)cc1. The number of ether oxygens (including phenoxy) is 1. The van der Waals surface area contributed by atoms with E-state index < -0.39 is 0 Å². The predicted octanol–water partition coefficient (Wildman–Crippen LogP) is 4.80. The average molecular weight is 376 g/mol. The van der Waals surface area contributed by atoms with Crippen molar-refractivity contribution in [1.82, 2.24) is 4.90 Å². The first-order chi connectivity index (χ1) is 13.2. The van der Waals surface area contributed by atoms with Gasteiger partial charge in [-0.05, 0) is 63.4 Å². The number of benzene rings is 1. The van der Waals surface area contributed by atoms with E-state index in [-0.39, 0.29) is 12.2 Å². The molecule has 4 nitrogen and oxygen atoms in total. The van der Waals surface area contributed by atoms with E-state index >= 15 is 0 Å². The van der Waals surface area contributed by atoms with E-state index in [2.05, 4.69) is 24.0 Å². The molecule has 2 rings (SSSR count). The predicted molar refractivity (Wildman–Crippen MR) is 111 cm³/mol. The zero-order valence-corrected chi connectivity index (χ0v) is 17.4. The minimum atomic E-state index is -0.233. The number of unbranched alkanes of at least 4 members (excludes halogenated alkanes) is 5. The Labute approximate surface area is 165 Å². The van der Waals surface area contributed by atoms with Gasteiger partial charge in [-0.2, -0.15) is 4.79 Å². The number of aryl methyl sites for hydroxylation is 1. The second-order valence-electron chi connectivity index (χ2n) is 8.01. The van der Waals surface area contributed by atoms with Crippen molar-refractivity contribution in [3.8, 4) is 0 Å². The van der Waals surface area contributed by atoms with Crippen molar-refractivity contribution in [2.45, 2.75) is 84.2 Å². The number of amides is 1. The largest absolute Gasteiger partial charge is 0.518 e. The maximum Gasteiger partial charge on any atom is 0.518 e. The minimum absolute atomic E-state index is 0.0566. The molecule has 4 heteroatoms. The number of nitrogens with two attached hydrogens (primary N) is 1.